The average Bonchev–Trinajstić information content (AvgIpc) is 2.61. The summed E-state index contributed by atoms with van der Waals surface area (Å²) in [6, 6.07) is 9.83. The average molecular weight is 322 g/mol. The Bertz CT molecular complexity index is 883. The minimum absolute atomic E-state index is 0.183. The van der Waals surface area contributed by atoms with Gasteiger partial charge < -0.3 is 0 Å². The fourth-order valence-electron chi connectivity index (χ4n) is 2.27. The van der Waals surface area contributed by atoms with Crippen molar-refractivity contribution < 1.29 is 9.18 Å². The first-order valence-electron chi connectivity index (χ1n) is 7.34. The van der Waals surface area contributed by atoms with E-state index in [0.717, 1.165) is 11.1 Å². The van der Waals surface area contributed by atoms with Crippen LogP contribution in [0.1, 0.15) is 6.92 Å². The quantitative estimate of drug-likeness (QED) is 0.742. The Hall–Kier alpha value is -3.15. The fourth-order valence-corrected chi connectivity index (χ4v) is 2.27. The first-order chi connectivity index (χ1) is 11.6. The van der Waals surface area contributed by atoms with E-state index in [4.69, 9.17) is 0 Å². The van der Waals surface area contributed by atoms with Crippen LogP contribution in [0.5, 0.6) is 0 Å². The number of halogens is 1. The highest BCUT2D eigenvalue weighted by Gasteiger charge is 2.15. The molecule has 0 aliphatic rings. The van der Waals surface area contributed by atoms with Crippen molar-refractivity contribution in [3.8, 4) is 22.4 Å². The van der Waals surface area contributed by atoms with Gasteiger partial charge in [-0.1, -0.05) is 12.1 Å². The Morgan fingerprint density at radius 3 is 2.54 bits per heavy atom. The number of benzene rings is 1. The fraction of sp³-hybridized carbons (Fsp3) is 0.111. The van der Waals surface area contributed by atoms with Gasteiger partial charge in [-0.3, -0.25) is 14.7 Å². The van der Waals surface area contributed by atoms with Crippen molar-refractivity contribution in [1.29, 1.82) is 0 Å². The zero-order chi connectivity index (χ0) is 17.1. The van der Waals surface area contributed by atoms with Crippen LogP contribution in [0.15, 0.2) is 55.0 Å². The molecule has 5 nitrogen and oxygen atoms in total. The van der Waals surface area contributed by atoms with Crippen molar-refractivity contribution in [2.24, 2.45) is 0 Å². The third-order valence-electron chi connectivity index (χ3n) is 3.64. The number of pyridine rings is 1. The molecule has 3 rings (SSSR count). The number of hydrogen-bond acceptors (Lipinski definition) is 4. The minimum Gasteiger partial charge on any atom is -0.284 e. The van der Waals surface area contributed by atoms with Gasteiger partial charge in [-0.15, -0.1) is 0 Å². The first kappa shape index (κ1) is 15.7. The number of carbonyl (C=O) groups excluding carboxylic acids is 1. The van der Waals surface area contributed by atoms with E-state index >= 15 is 0 Å². The van der Waals surface area contributed by atoms with E-state index in [-0.39, 0.29) is 17.7 Å². The van der Waals surface area contributed by atoms with E-state index in [0.29, 0.717) is 11.3 Å². The zero-order valence-electron chi connectivity index (χ0n) is 13.3. The second-order valence-corrected chi connectivity index (χ2v) is 5.26. The molecule has 24 heavy (non-hydrogen) atoms. The van der Waals surface area contributed by atoms with Gasteiger partial charge in [0.1, 0.15) is 5.82 Å². The highest BCUT2D eigenvalue weighted by atomic mass is 19.1. The molecule has 0 aliphatic heterocycles. The van der Waals surface area contributed by atoms with Crippen molar-refractivity contribution in [1.82, 2.24) is 15.0 Å². The molecule has 2 heterocycles. The first-order valence-corrected chi connectivity index (χ1v) is 7.34. The molecule has 0 N–H and O–H groups in total. The number of hydrogen-bond donors (Lipinski definition) is 0. The van der Waals surface area contributed by atoms with Crippen LogP contribution in [0.4, 0.5) is 10.3 Å². The van der Waals surface area contributed by atoms with Gasteiger partial charge in [0.2, 0.25) is 11.9 Å². The highest BCUT2D eigenvalue weighted by Crippen LogP contribution is 2.31. The Kier molecular flexibility index (Phi) is 4.29. The molecular formula is C18H15FN4O. The van der Waals surface area contributed by atoms with Gasteiger partial charge in [0.25, 0.3) is 0 Å². The van der Waals surface area contributed by atoms with Gasteiger partial charge >= 0.3 is 0 Å². The number of amides is 1. The number of nitrogens with zero attached hydrogens (tertiary/aromatic N) is 4. The number of anilines is 1. The molecule has 0 radical (unpaired) electrons. The molecule has 0 unspecified atom stereocenters. The van der Waals surface area contributed by atoms with Crippen LogP contribution in [0.3, 0.4) is 0 Å². The van der Waals surface area contributed by atoms with Crippen LogP contribution >= 0.6 is 0 Å². The lowest BCUT2D eigenvalue weighted by Gasteiger charge is -2.16. The van der Waals surface area contributed by atoms with Gasteiger partial charge in [0, 0.05) is 43.7 Å². The highest BCUT2D eigenvalue weighted by molar-refractivity contribution is 5.90. The van der Waals surface area contributed by atoms with Gasteiger partial charge in [-0.05, 0) is 29.8 Å². The maximum atomic E-state index is 13.7. The smallest absolute Gasteiger partial charge is 0.232 e. The molecule has 1 aromatic carbocycles. The van der Waals surface area contributed by atoms with Crippen LogP contribution in [0.2, 0.25) is 0 Å². The summed E-state index contributed by atoms with van der Waals surface area (Å²) in [5.74, 6) is -0.273. The predicted molar refractivity (Wildman–Crippen MR) is 89.7 cm³/mol. The summed E-state index contributed by atoms with van der Waals surface area (Å²) in [7, 11) is 1.60. The Labute approximate surface area is 138 Å². The predicted octanol–water partition coefficient (Wildman–Crippen LogP) is 3.33. The summed E-state index contributed by atoms with van der Waals surface area (Å²) in [5, 5.41) is 0. The number of carbonyl (C=O) groups is 1. The normalized spacial score (nSPS) is 10.5. The molecule has 0 atom stereocenters. The summed E-state index contributed by atoms with van der Waals surface area (Å²) in [6.45, 7) is 1.43. The van der Waals surface area contributed by atoms with Crippen LogP contribution in [0.25, 0.3) is 22.4 Å². The topological polar surface area (TPSA) is 59.0 Å². The third kappa shape index (κ3) is 3.12. The Morgan fingerprint density at radius 2 is 1.88 bits per heavy atom. The van der Waals surface area contributed by atoms with Gasteiger partial charge in [0.15, 0.2) is 0 Å². The zero-order valence-corrected chi connectivity index (χ0v) is 13.3. The van der Waals surface area contributed by atoms with E-state index in [1.807, 2.05) is 12.1 Å². The van der Waals surface area contributed by atoms with Gasteiger partial charge in [0.05, 0.1) is 5.69 Å². The SMILES string of the molecule is CC(=O)N(C)c1ncc(-c2ccncc2)c(-c2cccc(F)c2)n1. The van der Waals surface area contributed by atoms with Crippen molar-refractivity contribution in [2.45, 2.75) is 6.92 Å². The van der Waals surface area contributed by atoms with Crippen molar-refractivity contribution >= 4 is 11.9 Å². The lowest BCUT2D eigenvalue weighted by molar-refractivity contribution is -0.116. The molecule has 0 spiro atoms. The maximum Gasteiger partial charge on any atom is 0.232 e. The van der Waals surface area contributed by atoms with E-state index in [2.05, 4.69) is 15.0 Å². The molecule has 120 valence electrons. The molecule has 0 bridgehead atoms. The van der Waals surface area contributed by atoms with E-state index < -0.39 is 0 Å². The number of aromatic nitrogens is 3. The van der Waals surface area contributed by atoms with Crippen molar-refractivity contribution in [3.05, 3.63) is 60.8 Å². The lowest BCUT2D eigenvalue weighted by Crippen LogP contribution is -2.25. The second kappa shape index (κ2) is 6.54. The van der Waals surface area contributed by atoms with Crippen LogP contribution < -0.4 is 4.90 Å². The van der Waals surface area contributed by atoms with Crippen LogP contribution in [-0.4, -0.2) is 27.9 Å². The Morgan fingerprint density at radius 1 is 1.12 bits per heavy atom. The van der Waals surface area contributed by atoms with E-state index in [1.54, 1.807) is 37.8 Å². The lowest BCUT2D eigenvalue weighted by atomic mass is 10.0. The second-order valence-electron chi connectivity index (χ2n) is 5.26. The molecule has 2 aromatic heterocycles. The summed E-state index contributed by atoms with van der Waals surface area (Å²) in [4.78, 5) is 25.7. The summed E-state index contributed by atoms with van der Waals surface area (Å²) >= 11 is 0. The minimum atomic E-state index is -0.353. The summed E-state index contributed by atoms with van der Waals surface area (Å²) in [5.41, 5.74) is 2.77. The molecule has 0 saturated heterocycles. The van der Waals surface area contributed by atoms with Crippen LogP contribution in [0, 0.1) is 5.82 Å². The molecule has 6 heteroatoms. The largest absolute Gasteiger partial charge is 0.284 e. The molecular weight excluding hydrogens is 307 g/mol. The summed E-state index contributed by atoms with van der Waals surface area (Å²) in [6.07, 6.45) is 4.97. The van der Waals surface area contributed by atoms with Crippen molar-refractivity contribution in [3.63, 3.8) is 0 Å². The monoisotopic (exact) mass is 322 g/mol. The Balaban J connectivity index is 2.21. The molecule has 0 fully saturated rings. The van der Waals surface area contributed by atoms with Gasteiger partial charge in [-0.25, -0.2) is 14.4 Å². The van der Waals surface area contributed by atoms with Crippen molar-refractivity contribution in [2.75, 3.05) is 11.9 Å². The molecule has 0 saturated carbocycles. The maximum absolute atomic E-state index is 13.7. The standard InChI is InChI=1S/C18H15FN4O/c1-12(24)23(2)18-21-11-16(13-6-8-20-9-7-13)17(22-18)14-4-3-5-15(19)10-14/h3-11H,1-2H3. The van der Waals surface area contributed by atoms with E-state index in [1.165, 1.54) is 24.0 Å². The van der Waals surface area contributed by atoms with E-state index in [9.17, 15) is 9.18 Å². The summed E-state index contributed by atoms with van der Waals surface area (Å²) < 4.78 is 13.7. The van der Waals surface area contributed by atoms with Crippen LogP contribution in [-0.2, 0) is 4.79 Å². The molecule has 0 aliphatic carbocycles. The molecule has 1 amide bonds. The molecule has 3 aromatic rings. The van der Waals surface area contributed by atoms with Gasteiger partial charge in [-0.2, -0.15) is 0 Å². The number of rotatable bonds is 3. The third-order valence-corrected chi connectivity index (χ3v) is 3.64.